The molecule has 3 rings (SSSR count). The molecule has 0 N–H and O–H groups in total. The monoisotopic (exact) mass is 399 g/mol. The van der Waals surface area contributed by atoms with Gasteiger partial charge in [-0.05, 0) is 35.4 Å². The second-order valence-corrected chi connectivity index (χ2v) is 6.37. The van der Waals surface area contributed by atoms with Crippen LogP contribution in [0.3, 0.4) is 0 Å². The Bertz CT molecular complexity index is 943. The molecule has 5 heteroatoms. The zero-order chi connectivity index (χ0) is 17.8. The van der Waals surface area contributed by atoms with E-state index in [0.717, 1.165) is 21.1 Å². The smallest absolute Gasteiger partial charge is 0.373 e. The van der Waals surface area contributed by atoms with Crippen molar-refractivity contribution < 1.29 is 14.3 Å². The Morgan fingerprint density at radius 3 is 2.64 bits per heavy atom. The first-order valence-electron chi connectivity index (χ1n) is 7.79. The van der Waals surface area contributed by atoms with Crippen molar-refractivity contribution in [2.75, 3.05) is 14.2 Å². The third kappa shape index (κ3) is 3.61. The second kappa shape index (κ2) is 7.57. The van der Waals surface area contributed by atoms with Crippen molar-refractivity contribution >= 4 is 38.9 Å². The third-order valence-corrected chi connectivity index (χ3v) is 4.74. The maximum absolute atomic E-state index is 11.8. The Morgan fingerprint density at radius 2 is 1.88 bits per heavy atom. The number of methoxy groups -OCH3 is 2. The Balaban J connectivity index is 2.00. The van der Waals surface area contributed by atoms with Crippen molar-refractivity contribution in [3.63, 3.8) is 0 Å². The van der Waals surface area contributed by atoms with E-state index in [1.807, 2.05) is 36.4 Å². The molecule has 2 aromatic carbocycles. The number of halogens is 1. The normalized spacial score (nSPS) is 11.6. The topological polar surface area (TPSA) is 40.5 Å². The highest BCUT2D eigenvalue weighted by atomic mass is 79.9. The number of carbonyl (C=O) groups is 1. The first-order valence-corrected chi connectivity index (χ1v) is 8.58. The molecule has 3 aromatic rings. The van der Waals surface area contributed by atoms with Gasteiger partial charge in [0, 0.05) is 28.1 Å². The molecule has 0 radical (unpaired) electrons. The average molecular weight is 400 g/mol. The molecule has 0 saturated carbocycles. The Morgan fingerprint density at radius 1 is 1.08 bits per heavy atom. The van der Waals surface area contributed by atoms with Crippen molar-refractivity contribution in [1.82, 2.24) is 4.57 Å². The van der Waals surface area contributed by atoms with Crippen molar-refractivity contribution in [3.05, 3.63) is 76.1 Å². The van der Waals surface area contributed by atoms with Crippen molar-refractivity contribution in [2.24, 2.45) is 0 Å². The molecule has 0 aliphatic rings. The van der Waals surface area contributed by atoms with Crippen LogP contribution in [-0.2, 0) is 20.8 Å². The van der Waals surface area contributed by atoms with Gasteiger partial charge < -0.3 is 14.0 Å². The van der Waals surface area contributed by atoms with E-state index in [0.29, 0.717) is 6.54 Å². The van der Waals surface area contributed by atoms with Crippen LogP contribution in [0.1, 0.15) is 11.1 Å². The van der Waals surface area contributed by atoms with Gasteiger partial charge in [-0.2, -0.15) is 0 Å². The number of ether oxygens (including phenoxy) is 2. The zero-order valence-corrected chi connectivity index (χ0v) is 15.6. The van der Waals surface area contributed by atoms with E-state index in [1.165, 1.54) is 19.6 Å². The minimum Gasteiger partial charge on any atom is -0.490 e. The van der Waals surface area contributed by atoms with Crippen LogP contribution in [0, 0.1) is 0 Å². The predicted octanol–water partition coefficient (Wildman–Crippen LogP) is 4.61. The molecule has 0 aliphatic carbocycles. The number of fused-ring (bicyclic) bond motifs is 1. The SMILES string of the molecule is COC(=O)C(=Cc1ccccc1Cn1ccc2c(Br)cccc21)OC. The van der Waals surface area contributed by atoms with E-state index in [9.17, 15) is 4.79 Å². The van der Waals surface area contributed by atoms with Gasteiger partial charge in [0.25, 0.3) is 0 Å². The molecule has 0 amide bonds. The first kappa shape index (κ1) is 17.3. The van der Waals surface area contributed by atoms with Gasteiger partial charge in [-0.1, -0.05) is 46.3 Å². The molecule has 4 nitrogen and oxygen atoms in total. The lowest BCUT2D eigenvalue weighted by atomic mass is 10.1. The summed E-state index contributed by atoms with van der Waals surface area (Å²) in [6.07, 6.45) is 3.77. The molecule has 1 aromatic heterocycles. The van der Waals surface area contributed by atoms with E-state index in [2.05, 4.69) is 38.8 Å². The summed E-state index contributed by atoms with van der Waals surface area (Å²) < 4.78 is 13.2. The number of hydrogen-bond acceptors (Lipinski definition) is 3. The molecule has 0 unspecified atom stereocenters. The third-order valence-electron chi connectivity index (χ3n) is 4.05. The summed E-state index contributed by atoms with van der Waals surface area (Å²) in [4.78, 5) is 11.8. The Labute approximate surface area is 154 Å². The number of esters is 1. The maximum Gasteiger partial charge on any atom is 0.373 e. The van der Waals surface area contributed by atoms with Crippen molar-refractivity contribution in [3.8, 4) is 0 Å². The zero-order valence-electron chi connectivity index (χ0n) is 14.0. The first-order chi connectivity index (χ1) is 12.1. The number of rotatable bonds is 5. The Kier molecular flexibility index (Phi) is 5.24. The molecule has 0 aliphatic heterocycles. The predicted molar refractivity (Wildman–Crippen MR) is 102 cm³/mol. The van der Waals surface area contributed by atoms with Crippen molar-refractivity contribution in [1.29, 1.82) is 0 Å². The number of aromatic nitrogens is 1. The maximum atomic E-state index is 11.8. The summed E-state index contributed by atoms with van der Waals surface area (Å²) in [6.45, 7) is 0.685. The highest BCUT2D eigenvalue weighted by Gasteiger charge is 2.12. The standard InChI is InChI=1S/C20H18BrNO3/c1-24-19(20(23)25-2)12-14-6-3-4-7-15(14)13-22-11-10-16-17(21)8-5-9-18(16)22/h3-12H,13H2,1-2H3. The van der Waals surface area contributed by atoms with Crippen molar-refractivity contribution in [2.45, 2.75) is 6.54 Å². The van der Waals surface area contributed by atoms with Gasteiger partial charge in [0.15, 0.2) is 0 Å². The molecule has 25 heavy (non-hydrogen) atoms. The van der Waals surface area contributed by atoms with E-state index >= 15 is 0 Å². The highest BCUT2D eigenvalue weighted by Crippen LogP contribution is 2.26. The lowest BCUT2D eigenvalue weighted by Crippen LogP contribution is -2.07. The van der Waals surface area contributed by atoms with E-state index < -0.39 is 5.97 Å². The minimum atomic E-state index is -0.493. The quantitative estimate of drug-likeness (QED) is 0.357. The second-order valence-electron chi connectivity index (χ2n) is 5.52. The number of nitrogens with zero attached hydrogens (tertiary/aromatic N) is 1. The molecule has 0 atom stereocenters. The van der Waals surface area contributed by atoms with Gasteiger partial charge in [0.2, 0.25) is 5.76 Å². The fourth-order valence-electron chi connectivity index (χ4n) is 2.77. The minimum absolute atomic E-state index is 0.176. The summed E-state index contributed by atoms with van der Waals surface area (Å²) >= 11 is 3.59. The van der Waals surface area contributed by atoms with Crippen LogP contribution in [0.15, 0.2) is 65.0 Å². The summed E-state index contributed by atoms with van der Waals surface area (Å²) in [6, 6.07) is 16.2. The van der Waals surface area contributed by atoms with Crippen LogP contribution in [-0.4, -0.2) is 24.8 Å². The molecular formula is C20H18BrNO3. The summed E-state index contributed by atoms with van der Waals surface area (Å²) in [7, 11) is 2.80. The fourth-order valence-corrected chi connectivity index (χ4v) is 3.26. The number of hydrogen-bond donors (Lipinski definition) is 0. The molecule has 1 heterocycles. The summed E-state index contributed by atoms with van der Waals surface area (Å²) in [5.74, 6) is -0.317. The van der Waals surface area contributed by atoms with Crippen LogP contribution in [0.5, 0.6) is 0 Å². The van der Waals surface area contributed by atoms with Gasteiger partial charge in [-0.3, -0.25) is 0 Å². The van der Waals surface area contributed by atoms with E-state index in [1.54, 1.807) is 6.08 Å². The van der Waals surface area contributed by atoms with Gasteiger partial charge in [-0.25, -0.2) is 4.79 Å². The van der Waals surface area contributed by atoms with E-state index in [4.69, 9.17) is 9.47 Å². The van der Waals surface area contributed by atoms with Crippen LogP contribution < -0.4 is 0 Å². The molecule has 0 fully saturated rings. The van der Waals surface area contributed by atoms with Crippen LogP contribution in [0.4, 0.5) is 0 Å². The lowest BCUT2D eigenvalue weighted by molar-refractivity contribution is -0.139. The van der Waals surface area contributed by atoms with Crippen LogP contribution in [0.2, 0.25) is 0 Å². The fraction of sp³-hybridized carbons (Fsp3) is 0.150. The molecule has 0 bridgehead atoms. The number of carbonyl (C=O) groups excluding carboxylic acids is 1. The lowest BCUT2D eigenvalue weighted by Gasteiger charge is -2.10. The molecule has 0 spiro atoms. The van der Waals surface area contributed by atoms with Gasteiger partial charge in [0.1, 0.15) is 0 Å². The van der Waals surface area contributed by atoms with Crippen LogP contribution >= 0.6 is 15.9 Å². The Hall–Kier alpha value is -2.53. The molecule has 128 valence electrons. The average Bonchev–Trinajstić information content (AvgIpc) is 3.04. The van der Waals surface area contributed by atoms with Gasteiger partial charge in [0.05, 0.1) is 14.2 Å². The summed E-state index contributed by atoms with van der Waals surface area (Å²) in [5, 5.41) is 1.17. The summed E-state index contributed by atoms with van der Waals surface area (Å²) in [5.41, 5.74) is 3.15. The van der Waals surface area contributed by atoms with E-state index in [-0.39, 0.29) is 5.76 Å². The van der Waals surface area contributed by atoms with Crippen LogP contribution in [0.25, 0.3) is 17.0 Å². The van der Waals surface area contributed by atoms with Gasteiger partial charge >= 0.3 is 5.97 Å². The largest absolute Gasteiger partial charge is 0.490 e. The molecular weight excluding hydrogens is 382 g/mol. The number of benzene rings is 2. The van der Waals surface area contributed by atoms with Gasteiger partial charge in [-0.15, -0.1) is 0 Å². The molecule has 0 saturated heterocycles. The highest BCUT2D eigenvalue weighted by molar-refractivity contribution is 9.10.